The van der Waals surface area contributed by atoms with Crippen LogP contribution in [0, 0.1) is 12.7 Å². The van der Waals surface area contributed by atoms with Gasteiger partial charge in [0.2, 0.25) is 0 Å². The lowest BCUT2D eigenvalue weighted by Gasteiger charge is -2.00. The van der Waals surface area contributed by atoms with Crippen molar-refractivity contribution in [1.82, 2.24) is 0 Å². The van der Waals surface area contributed by atoms with Crippen molar-refractivity contribution in [3.8, 4) is 0 Å². The second-order valence-electron chi connectivity index (χ2n) is 2.16. The highest BCUT2D eigenvalue weighted by Crippen LogP contribution is 2.01. The fourth-order valence-corrected chi connectivity index (χ4v) is 2.26. The van der Waals surface area contributed by atoms with E-state index in [1.54, 1.807) is 13.0 Å². The minimum atomic E-state index is -0.727. The summed E-state index contributed by atoms with van der Waals surface area (Å²) in [6.07, 6.45) is 0. The lowest BCUT2D eigenvalue weighted by molar-refractivity contribution is 0.620. The maximum absolute atomic E-state index is 12.7. The summed E-state index contributed by atoms with van der Waals surface area (Å²) in [5.41, 5.74) is 0.712. The second kappa shape index (κ2) is 3.55. The van der Waals surface area contributed by atoms with E-state index in [0.29, 0.717) is 5.56 Å². The van der Waals surface area contributed by atoms with Crippen LogP contribution in [-0.4, -0.2) is 19.3 Å². The van der Waals surface area contributed by atoms with Crippen molar-refractivity contribution in [3.63, 3.8) is 0 Å². The fourth-order valence-electron chi connectivity index (χ4n) is 0.797. The van der Waals surface area contributed by atoms with Crippen LogP contribution in [0.2, 0.25) is 0 Å². The quantitative estimate of drug-likeness (QED) is 0.560. The number of rotatable bonds is 1. The van der Waals surface area contributed by atoms with Crippen molar-refractivity contribution in [2.75, 3.05) is 0 Å². The molecule has 0 heterocycles. The van der Waals surface area contributed by atoms with Crippen molar-refractivity contribution >= 4 is 32.0 Å². The van der Waals surface area contributed by atoms with Crippen molar-refractivity contribution in [3.05, 3.63) is 29.6 Å². The van der Waals surface area contributed by atoms with Gasteiger partial charge >= 0.3 is 19.3 Å². The van der Waals surface area contributed by atoms with Crippen molar-refractivity contribution in [2.45, 2.75) is 6.92 Å². The first-order valence-corrected chi connectivity index (χ1v) is 5.90. The Morgan fingerprint density at radius 3 is 2.70 bits per heavy atom. The molecule has 0 amide bonds. The molecule has 0 atom stereocenters. The molecule has 0 saturated heterocycles. The summed E-state index contributed by atoms with van der Waals surface area (Å²) in [5.74, 6) is -0.148. The van der Waals surface area contributed by atoms with Crippen molar-refractivity contribution < 1.29 is 4.39 Å². The average Bonchev–Trinajstić information content (AvgIpc) is 1.95. The lowest BCUT2D eigenvalue weighted by atomic mass is 10.2. The summed E-state index contributed by atoms with van der Waals surface area (Å²) in [7, 11) is 5.68. The lowest BCUT2D eigenvalue weighted by Crippen LogP contribution is -2.13. The minimum absolute atomic E-state index is 0.148. The van der Waals surface area contributed by atoms with E-state index in [0.717, 1.165) is 3.69 Å². The maximum Gasteiger partial charge on any atom is 0.538 e. The number of hydrogen-bond acceptors (Lipinski definition) is 0. The molecule has 0 saturated carbocycles. The molecule has 50 valence electrons. The third-order valence-electron chi connectivity index (χ3n) is 1.52. The van der Waals surface area contributed by atoms with Gasteiger partial charge in [-0.25, -0.2) is 4.39 Å². The van der Waals surface area contributed by atoms with Gasteiger partial charge in [-0.15, -0.1) is 3.69 Å². The normalized spacial score (nSPS) is 9.10. The van der Waals surface area contributed by atoms with Gasteiger partial charge in [-0.1, -0.05) is 12.1 Å². The Kier molecular flexibility index (Phi) is 2.95. The van der Waals surface area contributed by atoms with E-state index in [4.69, 9.17) is 9.07 Å². The highest BCUT2D eigenvalue weighted by Gasteiger charge is 2.02. The standard InChI is InChI=1S/C7H6F.ClH.Mg/c1-6-4-2-3-5-7(6)8;;/h2-3,5H,1H3;1H;/q;;+1/p-1. The molecule has 10 heavy (non-hydrogen) atoms. The zero-order valence-electron chi connectivity index (χ0n) is 5.70. The van der Waals surface area contributed by atoms with Crippen LogP contribution in [0.1, 0.15) is 5.56 Å². The van der Waals surface area contributed by atoms with Gasteiger partial charge < -0.3 is 9.07 Å². The topological polar surface area (TPSA) is 0 Å². The highest BCUT2D eigenvalue weighted by atomic mass is 35.5. The molecule has 0 N–H and O–H groups in total. The molecule has 0 fully saturated rings. The molecule has 3 heteroatoms. The third kappa shape index (κ3) is 1.62. The Hall–Kier alpha value is 0.206. The Morgan fingerprint density at radius 2 is 2.20 bits per heavy atom. The van der Waals surface area contributed by atoms with Crippen LogP contribution in [0.15, 0.2) is 18.2 Å². The molecule has 1 aromatic carbocycles. The molecule has 0 aliphatic rings. The Balaban J connectivity index is 3.14. The first-order valence-electron chi connectivity index (χ1n) is 3.05. The molecule has 0 spiro atoms. The molecule has 0 aromatic heterocycles. The van der Waals surface area contributed by atoms with Gasteiger partial charge in [0.05, 0.1) is 0 Å². The van der Waals surface area contributed by atoms with Crippen LogP contribution in [0.5, 0.6) is 0 Å². The van der Waals surface area contributed by atoms with Gasteiger partial charge in [-0.05, 0) is 18.6 Å². The molecule has 0 aliphatic heterocycles. The van der Waals surface area contributed by atoms with Gasteiger partial charge in [0.1, 0.15) is 5.82 Å². The number of halogens is 2. The Morgan fingerprint density at radius 1 is 1.50 bits per heavy atom. The van der Waals surface area contributed by atoms with E-state index >= 15 is 0 Å². The first kappa shape index (κ1) is 8.30. The van der Waals surface area contributed by atoms with Gasteiger partial charge in [0.25, 0.3) is 0 Å². The minimum Gasteiger partial charge on any atom is -0.336 e. The van der Waals surface area contributed by atoms with E-state index in [1.165, 1.54) is 6.07 Å². The maximum atomic E-state index is 12.7. The predicted octanol–water partition coefficient (Wildman–Crippen LogP) is 1.62. The summed E-state index contributed by atoms with van der Waals surface area (Å²) in [5, 5.41) is 0. The smallest absolute Gasteiger partial charge is 0.336 e. The van der Waals surface area contributed by atoms with Crippen molar-refractivity contribution in [2.24, 2.45) is 0 Å². The van der Waals surface area contributed by atoms with E-state index in [9.17, 15) is 4.39 Å². The number of hydrogen-bond donors (Lipinski definition) is 0. The largest absolute Gasteiger partial charge is 0.538 e. The van der Waals surface area contributed by atoms with Crippen LogP contribution in [-0.2, 0) is 0 Å². The summed E-state index contributed by atoms with van der Waals surface area (Å²) in [6, 6.07) is 5.05. The van der Waals surface area contributed by atoms with E-state index in [1.807, 2.05) is 6.07 Å². The SMILES string of the molecule is Cc1c(F)ccc[c]1[Mg][Cl]. The van der Waals surface area contributed by atoms with Gasteiger partial charge in [0, 0.05) is 0 Å². The predicted molar refractivity (Wildman–Crippen MR) is 42.4 cm³/mol. The van der Waals surface area contributed by atoms with Crippen LogP contribution < -0.4 is 3.69 Å². The van der Waals surface area contributed by atoms with E-state index < -0.39 is 19.3 Å². The molecule has 0 aliphatic carbocycles. The van der Waals surface area contributed by atoms with Crippen molar-refractivity contribution in [1.29, 1.82) is 0 Å². The Labute approximate surface area is 72.9 Å². The number of benzene rings is 1. The van der Waals surface area contributed by atoms with Crippen LogP contribution >= 0.6 is 9.07 Å². The van der Waals surface area contributed by atoms with Crippen LogP contribution in [0.4, 0.5) is 4.39 Å². The zero-order valence-corrected chi connectivity index (χ0v) is 7.87. The first-order chi connectivity index (χ1) is 4.75. The molecule has 0 nitrogen and oxygen atoms in total. The molecule has 0 radical (unpaired) electrons. The fraction of sp³-hybridized carbons (Fsp3) is 0.143. The van der Waals surface area contributed by atoms with Gasteiger partial charge in [-0.2, -0.15) is 0 Å². The molecular weight excluding hydrogens is 163 g/mol. The van der Waals surface area contributed by atoms with E-state index in [-0.39, 0.29) is 5.82 Å². The van der Waals surface area contributed by atoms with Gasteiger partial charge in [-0.3, -0.25) is 0 Å². The molecule has 0 unspecified atom stereocenters. The average molecular weight is 169 g/mol. The molecule has 0 bridgehead atoms. The van der Waals surface area contributed by atoms with Gasteiger partial charge in [0.15, 0.2) is 0 Å². The Bertz CT molecular complexity index is 237. The summed E-state index contributed by atoms with van der Waals surface area (Å²) in [6.45, 7) is 1.76. The molecule has 1 aromatic rings. The third-order valence-corrected chi connectivity index (χ3v) is 3.44. The molecular formula is C7H6ClFMg. The zero-order chi connectivity index (χ0) is 7.56. The summed E-state index contributed by atoms with van der Waals surface area (Å²) >= 11 is -0.727. The van der Waals surface area contributed by atoms with E-state index in [2.05, 4.69) is 0 Å². The second-order valence-corrected chi connectivity index (χ2v) is 3.99. The summed E-state index contributed by atoms with van der Waals surface area (Å²) in [4.78, 5) is 0. The highest BCUT2D eigenvalue weighted by molar-refractivity contribution is 7.01. The van der Waals surface area contributed by atoms with Crippen LogP contribution in [0.25, 0.3) is 0 Å². The summed E-state index contributed by atoms with van der Waals surface area (Å²) < 4.78 is 13.7. The monoisotopic (exact) mass is 168 g/mol. The molecule has 1 rings (SSSR count). The van der Waals surface area contributed by atoms with Crippen LogP contribution in [0.3, 0.4) is 0 Å².